The van der Waals surface area contributed by atoms with Gasteiger partial charge in [-0.3, -0.25) is 0 Å². The lowest BCUT2D eigenvalue weighted by Crippen LogP contribution is -2.24. The second-order valence-corrected chi connectivity index (χ2v) is 8.43. The highest BCUT2D eigenvalue weighted by molar-refractivity contribution is 7.22. The number of fused-ring (bicyclic) bond motifs is 3. The maximum Gasteiger partial charge on any atom is 0.108 e. The van der Waals surface area contributed by atoms with Gasteiger partial charge in [-0.2, -0.15) is 0 Å². The summed E-state index contributed by atoms with van der Waals surface area (Å²) in [5.74, 6) is 0. The minimum absolute atomic E-state index is 0.857. The number of benzene rings is 1. The molecule has 0 fully saturated rings. The highest BCUT2D eigenvalue weighted by atomic mass is 35.5. The molecule has 1 aliphatic rings. The van der Waals surface area contributed by atoms with Crippen molar-refractivity contribution in [1.82, 2.24) is 9.88 Å². The number of halogens is 1. The third-order valence-electron chi connectivity index (χ3n) is 4.51. The number of aromatic nitrogens is 1. The van der Waals surface area contributed by atoms with Crippen molar-refractivity contribution in [3.8, 4) is 0 Å². The molecule has 1 aliphatic heterocycles. The van der Waals surface area contributed by atoms with E-state index in [0.29, 0.717) is 0 Å². The predicted molar refractivity (Wildman–Crippen MR) is 122 cm³/mol. The summed E-state index contributed by atoms with van der Waals surface area (Å²) in [4.78, 5) is 1.25. The van der Waals surface area contributed by atoms with Crippen molar-refractivity contribution < 1.29 is 0 Å². The lowest BCUT2D eigenvalue weighted by Gasteiger charge is -2.15. The van der Waals surface area contributed by atoms with Gasteiger partial charge in [0, 0.05) is 36.8 Å². The van der Waals surface area contributed by atoms with E-state index in [1.54, 1.807) is 17.4 Å². The molecule has 2 aromatic heterocycles. The summed E-state index contributed by atoms with van der Waals surface area (Å²) in [6, 6.07) is 10.7. The normalized spacial score (nSPS) is 13.3. The topological polar surface area (TPSA) is 17.0 Å². The van der Waals surface area contributed by atoms with Crippen molar-refractivity contribution in [2.45, 2.75) is 26.8 Å². The third-order valence-corrected chi connectivity index (χ3v) is 5.78. The summed E-state index contributed by atoms with van der Waals surface area (Å²) in [5.41, 5.74) is 6.35. The van der Waals surface area contributed by atoms with Crippen LogP contribution in [0.1, 0.15) is 29.3 Å². The number of allylic oxidation sites excluding steroid dienone is 2. The monoisotopic (exact) mass is 396 g/mol. The Morgan fingerprint density at radius 3 is 2.81 bits per heavy atom. The summed E-state index contributed by atoms with van der Waals surface area (Å²) in [7, 11) is 0. The number of hydrogen-bond donors (Lipinski definition) is 1. The van der Waals surface area contributed by atoms with Gasteiger partial charge in [-0.15, -0.1) is 11.3 Å². The number of nitrogens with one attached hydrogen (secondary N) is 1. The molecule has 0 atom stereocenters. The SMILES string of the molecule is C=CC(=C)C.Cc1cccc(/C=C/n2c3c(c4cc(Cl)sc42)CNCC3)c1. The first-order valence-corrected chi connectivity index (χ1v) is 10.2. The molecule has 0 radical (unpaired) electrons. The number of nitrogens with zero attached hydrogens (tertiary/aromatic N) is 1. The Balaban J connectivity index is 0.000000376. The minimum atomic E-state index is 0.857. The number of hydrogen-bond acceptors (Lipinski definition) is 2. The van der Waals surface area contributed by atoms with Crippen LogP contribution in [-0.2, 0) is 13.0 Å². The Labute approximate surface area is 170 Å². The molecule has 0 saturated heterocycles. The summed E-state index contributed by atoms with van der Waals surface area (Å²) >= 11 is 7.90. The summed E-state index contributed by atoms with van der Waals surface area (Å²) < 4.78 is 3.18. The lowest BCUT2D eigenvalue weighted by atomic mass is 10.1. The first-order valence-electron chi connectivity index (χ1n) is 9.04. The number of thiophene rings is 1. The van der Waals surface area contributed by atoms with Gasteiger partial charge in [-0.25, -0.2) is 0 Å². The maximum atomic E-state index is 6.24. The molecule has 0 bridgehead atoms. The number of rotatable bonds is 3. The highest BCUT2D eigenvalue weighted by Crippen LogP contribution is 2.37. The smallest absolute Gasteiger partial charge is 0.108 e. The average Bonchev–Trinajstić information content (AvgIpc) is 3.16. The van der Waals surface area contributed by atoms with Crippen LogP contribution < -0.4 is 5.32 Å². The second-order valence-electron chi connectivity index (χ2n) is 6.77. The van der Waals surface area contributed by atoms with E-state index in [4.69, 9.17) is 11.6 Å². The van der Waals surface area contributed by atoms with Gasteiger partial charge in [-0.1, -0.05) is 66.2 Å². The van der Waals surface area contributed by atoms with E-state index in [-0.39, 0.29) is 0 Å². The molecule has 140 valence electrons. The van der Waals surface area contributed by atoms with Crippen molar-refractivity contribution in [2.24, 2.45) is 0 Å². The van der Waals surface area contributed by atoms with Crippen molar-refractivity contribution >= 4 is 45.4 Å². The second kappa shape index (κ2) is 8.75. The largest absolute Gasteiger partial charge is 0.312 e. The molecule has 4 rings (SSSR count). The molecule has 0 amide bonds. The zero-order valence-electron chi connectivity index (χ0n) is 15.9. The Hall–Kier alpha value is -2.07. The molecule has 1 aromatic carbocycles. The van der Waals surface area contributed by atoms with E-state index in [0.717, 1.165) is 29.4 Å². The fourth-order valence-corrected chi connectivity index (χ4v) is 4.40. The minimum Gasteiger partial charge on any atom is -0.312 e. The van der Waals surface area contributed by atoms with Gasteiger partial charge in [-0.05, 0) is 37.1 Å². The van der Waals surface area contributed by atoms with Crippen molar-refractivity contribution in [3.05, 3.63) is 81.9 Å². The van der Waals surface area contributed by atoms with Crippen LogP contribution in [0.25, 0.3) is 22.5 Å². The van der Waals surface area contributed by atoms with Crippen molar-refractivity contribution in [3.63, 3.8) is 0 Å². The molecular weight excluding hydrogens is 372 g/mol. The quantitative estimate of drug-likeness (QED) is 0.488. The summed E-state index contributed by atoms with van der Waals surface area (Å²) in [6.45, 7) is 13.0. The molecule has 0 aliphatic carbocycles. The fraction of sp³-hybridized carbons (Fsp3) is 0.217. The standard InChI is InChI=1S/C18H17ClN2S.C5H8/c1-12-3-2-4-13(9-12)6-8-21-16-5-7-20-11-15(16)14-10-17(19)22-18(14)21;1-4-5(2)3/h2-4,6,8-10,20H,5,7,11H2,1H3;4H,1-2H2,3H3/b8-6+;. The van der Waals surface area contributed by atoms with Gasteiger partial charge in [0.05, 0.1) is 4.34 Å². The molecule has 3 aromatic rings. The summed E-state index contributed by atoms with van der Waals surface area (Å²) in [6.07, 6.45) is 7.16. The van der Waals surface area contributed by atoms with Crippen LogP contribution in [0.2, 0.25) is 4.34 Å². The van der Waals surface area contributed by atoms with Gasteiger partial charge in [0.25, 0.3) is 0 Å². The van der Waals surface area contributed by atoms with Gasteiger partial charge in [0.15, 0.2) is 0 Å². The Bertz CT molecular complexity index is 1010. The van der Waals surface area contributed by atoms with Crippen LogP contribution in [0.4, 0.5) is 0 Å². The van der Waals surface area contributed by atoms with Crippen LogP contribution in [0.5, 0.6) is 0 Å². The fourth-order valence-electron chi connectivity index (χ4n) is 3.15. The molecule has 0 spiro atoms. The van der Waals surface area contributed by atoms with Crippen LogP contribution in [-0.4, -0.2) is 11.1 Å². The van der Waals surface area contributed by atoms with E-state index in [9.17, 15) is 0 Å². The van der Waals surface area contributed by atoms with Crippen LogP contribution >= 0.6 is 22.9 Å². The molecule has 0 saturated carbocycles. The number of aryl methyl sites for hydroxylation is 1. The van der Waals surface area contributed by atoms with E-state index in [2.05, 4.69) is 72.6 Å². The Kier molecular flexibility index (Phi) is 6.38. The van der Waals surface area contributed by atoms with Gasteiger partial charge >= 0.3 is 0 Å². The zero-order chi connectivity index (χ0) is 19.4. The third kappa shape index (κ3) is 4.62. The van der Waals surface area contributed by atoms with Gasteiger partial charge in [0.2, 0.25) is 0 Å². The van der Waals surface area contributed by atoms with E-state index in [1.807, 2.05) is 6.92 Å². The first-order chi connectivity index (χ1) is 13.0. The van der Waals surface area contributed by atoms with Crippen LogP contribution in [0.15, 0.2) is 55.1 Å². The first kappa shape index (κ1) is 19.7. The van der Waals surface area contributed by atoms with Gasteiger partial charge < -0.3 is 9.88 Å². The average molecular weight is 397 g/mol. The molecule has 4 heteroatoms. The highest BCUT2D eigenvalue weighted by Gasteiger charge is 2.20. The van der Waals surface area contributed by atoms with Crippen LogP contribution in [0.3, 0.4) is 0 Å². The Morgan fingerprint density at radius 2 is 2.11 bits per heavy atom. The molecule has 0 unspecified atom stereocenters. The summed E-state index contributed by atoms with van der Waals surface area (Å²) in [5, 5.41) is 4.76. The van der Waals surface area contributed by atoms with Crippen LogP contribution in [0, 0.1) is 6.92 Å². The maximum absolute atomic E-state index is 6.24. The molecule has 2 nitrogen and oxygen atoms in total. The molecule has 1 N–H and O–H groups in total. The van der Waals surface area contributed by atoms with E-state index >= 15 is 0 Å². The van der Waals surface area contributed by atoms with E-state index in [1.165, 1.54) is 32.6 Å². The zero-order valence-corrected chi connectivity index (χ0v) is 17.5. The molecule has 3 heterocycles. The predicted octanol–water partition coefficient (Wildman–Crippen LogP) is 6.69. The van der Waals surface area contributed by atoms with Crippen molar-refractivity contribution in [2.75, 3.05) is 6.54 Å². The molecular formula is C23H25ClN2S. The Morgan fingerprint density at radius 1 is 1.33 bits per heavy atom. The van der Waals surface area contributed by atoms with E-state index < -0.39 is 0 Å². The molecule has 27 heavy (non-hydrogen) atoms. The van der Waals surface area contributed by atoms with Gasteiger partial charge in [0.1, 0.15) is 4.83 Å². The van der Waals surface area contributed by atoms with Crippen molar-refractivity contribution in [1.29, 1.82) is 0 Å². The lowest BCUT2D eigenvalue weighted by molar-refractivity contribution is 0.634.